The molecule has 2 aromatic carbocycles. The molecule has 34 heavy (non-hydrogen) atoms. The van der Waals surface area contributed by atoms with Crippen molar-refractivity contribution in [3.63, 3.8) is 0 Å². The zero-order valence-corrected chi connectivity index (χ0v) is 19.8. The molecule has 0 bridgehead atoms. The van der Waals surface area contributed by atoms with E-state index in [9.17, 15) is 4.79 Å². The van der Waals surface area contributed by atoms with Crippen LogP contribution >= 0.6 is 0 Å². The van der Waals surface area contributed by atoms with Gasteiger partial charge in [0.15, 0.2) is 11.7 Å². The SMILES string of the molecule is Cc1cc(C)nc(Oc2ccc(NC(=O)CCc3ncc(-c4ccc(C(C)C)cc4)o3)cc2)n1. The van der Waals surface area contributed by atoms with Gasteiger partial charge in [-0.3, -0.25) is 4.79 Å². The molecule has 0 radical (unpaired) electrons. The Bertz CT molecular complexity index is 1240. The van der Waals surface area contributed by atoms with E-state index in [-0.39, 0.29) is 12.3 Å². The van der Waals surface area contributed by atoms with Crippen molar-refractivity contribution in [2.75, 3.05) is 5.32 Å². The van der Waals surface area contributed by atoms with Crippen molar-refractivity contribution in [3.8, 4) is 23.1 Å². The molecule has 2 aromatic heterocycles. The Labute approximate surface area is 199 Å². The van der Waals surface area contributed by atoms with E-state index in [1.54, 1.807) is 30.5 Å². The Balaban J connectivity index is 1.28. The average molecular weight is 457 g/mol. The molecule has 0 saturated carbocycles. The molecule has 7 heteroatoms. The number of oxazole rings is 1. The standard InChI is InChI=1S/C27H28N4O3/c1-17(2)20-5-7-21(8-6-20)24-16-28-26(34-24)14-13-25(32)31-22-9-11-23(12-10-22)33-27-29-18(3)15-19(4)30-27/h5-12,15-17H,13-14H2,1-4H3,(H,31,32). The number of rotatable bonds is 8. The molecule has 0 aliphatic rings. The van der Waals surface area contributed by atoms with Crippen molar-refractivity contribution >= 4 is 11.6 Å². The van der Waals surface area contributed by atoms with Crippen molar-refractivity contribution in [2.45, 2.75) is 46.5 Å². The second-order valence-corrected chi connectivity index (χ2v) is 8.50. The zero-order valence-electron chi connectivity index (χ0n) is 19.8. The van der Waals surface area contributed by atoms with Gasteiger partial charge in [-0.1, -0.05) is 38.1 Å². The monoisotopic (exact) mass is 456 g/mol. The lowest BCUT2D eigenvalue weighted by molar-refractivity contribution is -0.116. The first kappa shape index (κ1) is 23.2. The molecule has 0 atom stereocenters. The third-order valence-corrected chi connectivity index (χ3v) is 5.29. The molecule has 0 saturated heterocycles. The zero-order chi connectivity index (χ0) is 24.1. The smallest absolute Gasteiger partial charge is 0.322 e. The van der Waals surface area contributed by atoms with Gasteiger partial charge in [0.2, 0.25) is 5.91 Å². The molecule has 7 nitrogen and oxygen atoms in total. The third-order valence-electron chi connectivity index (χ3n) is 5.29. The van der Waals surface area contributed by atoms with Crippen molar-refractivity contribution in [1.82, 2.24) is 15.0 Å². The Morgan fingerprint density at radius 3 is 2.32 bits per heavy atom. The van der Waals surface area contributed by atoms with E-state index in [1.165, 1.54) is 5.56 Å². The summed E-state index contributed by atoms with van der Waals surface area (Å²) in [6, 6.07) is 17.5. The number of aromatic nitrogens is 3. The van der Waals surface area contributed by atoms with Gasteiger partial charge in [0.1, 0.15) is 5.75 Å². The average Bonchev–Trinajstić information content (AvgIpc) is 3.27. The number of hydrogen-bond donors (Lipinski definition) is 1. The van der Waals surface area contributed by atoms with Gasteiger partial charge in [0, 0.05) is 35.5 Å². The van der Waals surface area contributed by atoms with Gasteiger partial charge in [0.25, 0.3) is 0 Å². The normalized spacial score (nSPS) is 11.0. The largest absolute Gasteiger partial charge is 0.441 e. The molecule has 4 aromatic rings. The number of nitrogens with zero attached hydrogens (tertiary/aromatic N) is 3. The first-order chi connectivity index (χ1) is 16.4. The van der Waals surface area contributed by atoms with Crippen molar-refractivity contribution in [2.24, 2.45) is 0 Å². The molecule has 174 valence electrons. The summed E-state index contributed by atoms with van der Waals surface area (Å²) in [7, 11) is 0. The number of carbonyl (C=O) groups excluding carboxylic acids is 1. The highest BCUT2D eigenvalue weighted by Gasteiger charge is 2.10. The number of ether oxygens (including phenoxy) is 1. The molecule has 0 fully saturated rings. The minimum Gasteiger partial charge on any atom is -0.441 e. The summed E-state index contributed by atoms with van der Waals surface area (Å²) < 4.78 is 11.5. The van der Waals surface area contributed by atoms with Gasteiger partial charge in [-0.25, -0.2) is 15.0 Å². The van der Waals surface area contributed by atoms with Crippen LogP contribution in [-0.2, 0) is 11.2 Å². The number of benzene rings is 2. The fraction of sp³-hybridized carbons (Fsp3) is 0.259. The molecule has 0 aliphatic heterocycles. The maximum Gasteiger partial charge on any atom is 0.322 e. The first-order valence-electron chi connectivity index (χ1n) is 11.3. The van der Waals surface area contributed by atoms with Crippen LogP contribution in [0.4, 0.5) is 5.69 Å². The van der Waals surface area contributed by atoms with E-state index in [2.05, 4.69) is 46.2 Å². The first-order valence-corrected chi connectivity index (χ1v) is 11.3. The van der Waals surface area contributed by atoms with E-state index in [1.807, 2.05) is 32.0 Å². The second kappa shape index (κ2) is 10.3. The summed E-state index contributed by atoms with van der Waals surface area (Å²) in [5, 5.41) is 2.88. The van der Waals surface area contributed by atoms with Crippen molar-refractivity contribution in [1.29, 1.82) is 0 Å². The molecule has 4 rings (SSSR count). The third kappa shape index (κ3) is 6.07. The highest BCUT2D eigenvalue weighted by molar-refractivity contribution is 5.90. The van der Waals surface area contributed by atoms with Crippen molar-refractivity contribution < 1.29 is 13.9 Å². The number of amides is 1. The number of hydrogen-bond acceptors (Lipinski definition) is 6. The van der Waals surface area contributed by atoms with Crippen molar-refractivity contribution in [3.05, 3.63) is 83.6 Å². The summed E-state index contributed by atoms with van der Waals surface area (Å²) in [5.41, 5.74) is 4.61. The molecule has 1 N–H and O–H groups in total. The predicted molar refractivity (Wildman–Crippen MR) is 131 cm³/mol. The lowest BCUT2D eigenvalue weighted by atomic mass is 10.0. The summed E-state index contributed by atoms with van der Waals surface area (Å²) in [6.07, 6.45) is 2.39. The maximum absolute atomic E-state index is 12.4. The fourth-order valence-corrected chi connectivity index (χ4v) is 3.49. The highest BCUT2D eigenvalue weighted by Crippen LogP contribution is 2.24. The Morgan fingerprint density at radius 2 is 1.68 bits per heavy atom. The van der Waals surface area contributed by atoms with Gasteiger partial charge in [0.05, 0.1) is 6.20 Å². The van der Waals surface area contributed by atoms with Crippen LogP contribution in [0, 0.1) is 13.8 Å². The Morgan fingerprint density at radius 1 is 1.00 bits per heavy atom. The topological polar surface area (TPSA) is 90.1 Å². The minimum atomic E-state index is -0.118. The minimum absolute atomic E-state index is 0.118. The lowest BCUT2D eigenvalue weighted by Gasteiger charge is -2.08. The molecule has 1 amide bonds. The Hall–Kier alpha value is -4.00. The Kier molecular flexibility index (Phi) is 7.01. The van der Waals surface area contributed by atoms with Gasteiger partial charge in [-0.15, -0.1) is 0 Å². The molecule has 0 spiro atoms. The number of aryl methyl sites for hydroxylation is 3. The van der Waals surface area contributed by atoms with Gasteiger partial charge in [-0.2, -0.15) is 0 Å². The van der Waals surface area contributed by atoms with Crippen LogP contribution in [0.3, 0.4) is 0 Å². The van der Waals surface area contributed by atoms with E-state index in [0.717, 1.165) is 17.0 Å². The summed E-state index contributed by atoms with van der Waals surface area (Å²) >= 11 is 0. The molecule has 0 aliphatic carbocycles. The molecular weight excluding hydrogens is 428 g/mol. The number of carbonyl (C=O) groups is 1. The number of nitrogens with one attached hydrogen (secondary N) is 1. The molecule has 0 unspecified atom stereocenters. The van der Waals surface area contributed by atoms with E-state index < -0.39 is 0 Å². The molecular formula is C27H28N4O3. The van der Waals surface area contributed by atoms with Gasteiger partial charge < -0.3 is 14.5 Å². The maximum atomic E-state index is 12.4. The summed E-state index contributed by atoms with van der Waals surface area (Å²) in [6.45, 7) is 8.11. The lowest BCUT2D eigenvalue weighted by Crippen LogP contribution is -2.12. The van der Waals surface area contributed by atoms with E-state index >= 15 is 0 Å². The summed E-state index contributed by atoms with van der Waals surface area (Å²) in [4.78, 5) is 25.2. The van der Waals surface area contributed by atoms with Gasteiger partial charge >= 0.3 is 6.01 Å². The molecule has 2 heterocycles. The van der Waals surface area contributed by atoms with Crippen LogP contribution in [0.5, 0.6) is 11.8 Å². The fourth-order valence-electron chi connectivity index (χ4n) is 3.49. The highest BCUT2D eigenvalue weighted by atomic mass is 16.5. The van der Waals surface area contributed by atoms with Crippen LogP contribution in [0.2, 0.25) is 0 Å². The summed E-state index contributed by atoms with van der Waals surface area (Å²) in [5.74, 6) is 2.20. The van der Waals surface area contributed by atoms with E-state index in [0.29, 0.717) is 41.4 Å². The second-order valence-electron chi connectivity index (χ2n) is 8.50. The quantitative estimate of drug-likeness (QED) is 0.338. The van der Waals surface area contributed by atoms with Crippen LogP contribution in [-0.4, -0.2) is 20.9 Å². The van der Waals surface area contributed by atoms with Crippen LogP contribution in [0.15, 0.2) is 65.2 Å². The number of anilines is 1. The van der Waals surface area contributed by atoms with Crippen LogP contribution in [0.25, 0.3) is 11.3 Å². The van der Waals surface area contributed by atoms with Crippen LogP contribution < -0.4 is 10.1 Å². The van der Waals surface area contributed by atoms with E-state index in [4.69, 9.17) is 9.15 Å². The van der Waals surface area contributed by atoms with Gasteiger partial charge in [-0.05, 0) is 55.7 Å². The predicted octanol–water partition coefficient (Wildman–Crippen LogP) is 6.24. The van der Waals surface area contributed by atoms with Crippen LogP contribution in [0.1, 0.15) is 49.0 Å².